The second-order valence-corrected chi connectivity index (χ2v) is 3.47. The van der Waals surface area contributed by atoms with E-state index in [9.17, 15) is 9.59 Å². The van der Waals surface area contributed by atoms with Gasteiger partial charge in [-0.05, 0) is 24.3 Å². The van der Waals surface area contributed by atoms with Crippen molar-refractivity contribution >= 4 is 17.9 Å². The number of hydrogen-bond donors (Lipinski definition) is 1. The van der Waals surface area contributed by atoms with Gasteiger partial charge >= 0.3 is 0 Å². The summed E-state index contributed by atoms with van der Waals surface area (Å²) >= 11 is 0. The lowest BCUT2D eigenvalue weighted by atomic mass is 10.3. The van der Waals surface area contributed by atoms with Gasteiger partial charge in [-0.25, -0.2) is 0 Å². The Balaban J connectivity index is 2.18. The maximum Gasteiger partial charge on any atom is 0.291 e. The van der Waals surface area contributed by atoms with Crippen LogP contribution in [0.3, 0.4) is 0 Å². The van der Waals surface area contributed by atoms with Gasteiger partial charge in [-0.3, -0.25) is 9.59 Å². The van der Waals surface area contributed by atoms with E-state index in [0.29, 0.717) is 17.7 Å². The summed E-state index contributed by atoms with van der Waals surface area (Å²) in [5.74, 6) is 0.295. The number of ether oxygens (including phenoxy) is 1. The number of aldehydes is 1. The van der Waals surface area contributed by atoms with Crippen molar-refractivity contribution in [3.63, 3.8) is 0 Å². The van der Waals surface area contributed by atoms with Gasteiger partial charge in [-0.1, -0.05) is 12.1 Å². The molecule has 1 N–H and O–H groups in total. The fourth-order valence-corrected chi connectivity index (χ4v) is 1.47. The van der Waals surface area contributed by atoms with Crippen molar-refractivity contribution < 1.29 is 18.7 Å². The Morgan fingerprint density at radius 2 is 2.06 bits per heavy atom. The van der Waals surface area contributed by atoms with E-state index in [1.54, 1.807) is 24.3 Å². The van der Waals surface area contributed by atoms with Crippen molar-refractivity contribution in [2.75, 3.05) is 12.4 Å². The van der Waals surface area contributed by atoms with Crippen molar-refractivity contribution in [3.8, 4) is 5.75 Å². The molecule has 5 heteroatoms. The van der Waals surface area contributed by atoms with Crippen molar-refractivity contribution in [3.05, 3.63) is 47.9 Å². The van der Waals surface area contributed by atoms with E-state index < -0.39 is 5.91 Å². The van der Waals surface area contributed by atoms with Crippen LogP contribution in [-0.4, -0.2) is 19.3 Å². The number of anilines is 1. The Kier molecular flexibility index (Phi) is 3.43. The molecule has 0 aliphatic heterocycles. The first-order valence-electron chi connectivity index (χ1n) is 5.24. The summed E-state index contributed by atoms with van der Waals surface area (Å²) in [7, 11) is 1.52. The van der Waals surface area contributed by atoms with Gasteiger partial charge in [0.15, 0.2) is 17.8 Å². The molecule has 0 fully saturated rings. The predicted molar refractivity (Wildman–Crippen MR) is 65.0 cm³/mol. The summed E-state index contributed by atoms with van der Waals surface area (Å²) in [6.07, 6.45) is 0.542. The number of furan rings is 1. The van der Waals surface area contributed by atoms with E-state index in [0.717, 1.165) is 0 Å². The maximum atomic E-state index is 11.8. The first kappa shape index (κ1) is 11.9. The van der Waals surface area contributed by atoms with E-state index >= 15 is 0 Å². The van der Waals surface area contributed by atoms with Crippen LogP contribution in [0, 0.1) is 0 Å². The number of hydrogen-bond acceptors (Lipinski definition) is 4. The number of carbonyl (C=O) groups excluding carboxylic acids is 2. The van der Waals surface area contributed by atoms with Crippen LogP contribution < -0.4 is 10.1 Å². The molecule has 0 aliphatic rings. The summed E-state index contributed by atoms with van der Waals surface area (Å²) in [6, 6.07) is 9.89. The Morgan fingerprint density at radius 1 is 1.28 bits per heavy atom. The lowest BCUT2D eigenvalue weighted by Gasteiger charge is -2.08. The van der Waals surface area contributed by atoms with Gasteiger partial charge in [0.1, 0.15) is 5.75 Å². The largest absolute Gasteiger partial charge is 0.495 e. The molecule has 18 heavy (non-hydrogen) atoms. The number of benzene rings is 1. The minimum atomic E-state index is -0.437. The quantitative estimate of drug-likeness (QED) is 0.839. The molecular formula is C13H11NO4. The molecule has 0 saturated carbocycles. The second-order valence-electron chi connectivity index (χ2n) is 3.47. The first-order valence-corrected chi connectivity index (χ1v) is 5.24. The molecule has 0 radical (unpaired) electrons. The standard InChI is InChI=1S/C13H11NO4/c1-17-11-5-3-2-4-10(11)14-13(16)12-7-6-9(8-15)18-12/h2-8H,1H3,(H,14,16). The third-order valence-electron chi connectivity index (χ3n) is 2.32. The molecule has 0 unspecified atom stereocenters. The minimum absolute atomic E-state index is 0.0722. The van der Waals surface area contributed by atoms with E-state index in [2.05, 4.69) is 5.32 Å². The number of methoxy groups -OCH3 is 1. The van der Waals surface area contributed by atoms with E-state index in [4.69, 9.17) is 9.15 Å². The van der Waals surface area contributed by atoms with Gasteiger partial charge in [-0.15, -0.1) is 0 Å². The zero-order valence-corrected chi connectivity index (χ0v) is 9.67. The fraction of sp³-hybridized carbons (Fsp3) is 0.0769. The minimum Gasteiger partial charge on any atom is -0.495 e. The van der Waals surface area contributed by atoms with Crippen LogP contribution in [0.15, 0.2) is 40.8 Å². The molecule has 0 bridgehead atoms. The van der Waals surface area contributed by atoms with Gasteiger partial charge in [0, 0.05) is 0 Å². The van der Waals surface area contributed by atoms with Crippen LogP contribution in [0.1, 0.15) is 21.1 Å². The zero-order chi connectivity index (χ0) is 13.0. The monoisotopic (exact) mass is 245 g/mol. The average molecular weight is 245 g/mol. The molecule has 0 saturated heterocycles. The molecule has 5 nitrogen and oxygen atoms in total. The average Bonchev–Trinajstić information content (AvgIpc) is 2.88. The van der Waals surface area contributed by atoms with Crippen molar-refractivity contribution in [1.82, 2.24) is 0 Å². The summed E-state index contributed by atoms with van der Waals surface area (Å²) in [5, 5.41) is 2.64. The Hall–Kier alpha value is -2.56. The van der Waals surface area contributed by atoms with Crippen LogP contribution in [0.2, 0.25) is 0 Å². The third-order valence-corrected chi connectivity index (χ3v) is 2.32. The highest BCUT2D eigenvalue weighted by molar-refractivity contribution is 6.03. The fourth-order valence-electron chi connectivity index (χ4n) is 1.47. The highest BCUT2D eigenvalue weighted by Crippen LogP contribution is 2.23. The summed E-state index contributed by atoms with van der Waals surface area (Å²) in [6.45, 7) is 0. The van der Waals surface area contributed by atoms with Crippen LogP contribution >= 0.6 is 0 Å². The van der Waals surface area contributed by atoms with Crippen molar-refractivity contribution in [2.45, 2.75) is 0 Å². The van der Waals surface area contributed by atoms with Crippen LogP contribution in [-0.2, 0) is 0 Å². The maximum absolute atomic E-state index is 11.8. The zero-order valence-electron chi connectivity index (χ0n) is 9.67. The summed E-state index contributed by atoms with van der Waals surface area (Å²) in [5.41, 5.74) is 0.536. The van der Waals surface area contributed by atoms with E-state index in [-0.39, 0.29) is 11.5 Å². The Morgan fingerprint density at radius 3 is 2.72 bits per heavy atom. The molecule has 0 aliphatic carbocycles. The predicted octanol–water partition coefficient (Wildman–Crippen LogP) is 2.35. The van der Waals surface area contributed by atoms with Gasteiger partial charge in [-0.2, -0.15) is 0 Å². The topological polar surface area (TPSA) is 68.5 Å². The van der Waals surface area contributed by atoms with Crippen LogP contribution in [0.4, 0.5) is 5.69 Å². The first-order chi connectivity index (χ1) is 8.74. The lowest BCUT2D eigenvalue weighted by molar-refractivity contribution is 0.0992. The normalized spacial score (nSPS) is 9.83. The van der Waals surface area contributed by atoms with Crippen LogP contribution in [0.5, 0.6) is 5.75 Å². The molecule has 92 valence electrons. The molecule has 2 rings (SSSR count). The van der Waals surface area contributed by atoms with Gasteiger partial charge in [0.25, 0.3) is 5.91 Å². The molecule has 0 atom stereocenters. The number of amides is 1. The number of nitrogens with one attached hydrogen (secondary N) is 1. The summed E-state index contributed by atoms with van der Waals surface area (Å²) in [4.78, 5) is 22.3. The molecule has 1 heterocycles. The lowest BCUT2D eigenvalue weighted by Crippen LogP contribution is -2.11. The number of rotatable bonds is 4. The Labute approximate surface area is 103 Å². The van der Waals surface area contributed by atoms with Gasteiger partial charge < -0.3 is 14.5 Å². The second kappa shape index (κ2) is 5.18. The van der Waals surface area contributed by atoms with Crippen LogP contribution in [0.25, 0.3) is 0 Å². The highest BCUT2D eigenvalue weighted by atomic mass is 16.5. The SMILES string of the molecule is COc1ccccc1NC(=O)c1ccc(C=O)o1. The molecule has 1 amide bonds. The molecular weight excluding hydrogens is 234 g/mol. The molecule has 1 aromatic heterocycles. The van der Waals surface area contributed by atoms with Crippen molar-refractivity contribution in [2.24, 2.45) is 0 Å². The third kappa shape index (κ3) is 2.40. The summed E-state index contributed by atoms with van der Waals surface area (Å²) < 4.78 is 10.1. The smallest absolute Gasteiger partial charge is 0.291 e. The number of para-hydroxylation sites is 2. The van der Waals surface area contributed by atoms with E-state index in [1.807, 2.05) is 0 Å². The Bertz CT molecular complexity index is 574. The van der Waals surface area contributed by atoms with Crippen molar-refractivity contribution in [1.29, 1.82) is 0 Å². The number of carbonyl (C=O) groups is 2. The van der Waals surface area contributed by atoms with Gasteiger partial charge in [0.05, 0.1) is 12.8 Å². The molecule has 0 spiro atoms. The molecule has 2 aromatic rings. The van der Waals surface area contributed by atoms with E-state index in [1.165, 1.54) is 19.2 Å². The molecule has 1 aromatic carbocycles. The highest BCUT2D eigenvalue weighted by Gasteiger charge is 2.13. The van der Waals surface area contributed by atoms with Gasteiger partial charge in [0.2, 0.25) is 0 Å².